The third-order valence-corrected chi connectivity index (χ3v) is 6.89. The van der Waals surface area contributed by atoms with Crippen LogP contribution in [0.4, 0.5) is 0 Å². The van der Waals surface area contributed by atoms with Crippen LogP contribution < -0.4 is 4.74 Å². The van der Waals surface area contributed by atoms with Gasteiger partial charge < -0.3 is 14.4 Å². The molecule has 0 N–H and O–H groups in total. The standard InChI is InChI=1S/C28H30N4O3S/c1-18(2)34-24-12-10-21(11-13-24)26-22(17-32(30-26)23-8-6-5-7-9-23)14-25-27(33)29-28(36-25)31-15-19(3)35-20(4)16-31/h5-14,17-20H,15-16H2,1-4H3. The van der Waals surface area contributed by atoms with Gasteiger partial charge in [0.1, 0.15) is 5.75 Å². The lowest BCUT2D eigenvalue weighted by molar-refractivity contribution is -0.113. The molecule has 0 aliphatic carbocycles. The fourth-order valence-corrected chi connectivity index (χ4v) is 5.32. The molecule has 1 amide bonds. The summed E-state index contributed by atoms with van der Waals surface area (Å²) in [7, 11) is 0. The Labute approximate surface area is 215 Å². The number of rotatable bonds is 5. The van der Waals surface area contributed by atoms with Gasteiger partial charge in [-0.15, -0.1) is 0 Å². The lowest BCUT2D eigenvalue weighted by Crippen LogP contribution is -2.47. The highest BCUT2D eigenvalue weighted by Crippen LogP contribution is 2.34. The summed E-state index contributed by atoms with van der Waals surface area (Å²) in [5, 5.41) is 5.62. The SMILES string of the molecule is CC(C)Oc1ccc(-c2nn(-c3ccccc3)cc2C=C2SC(N3CC(C)OC(C)C3)=NC2=O)cc1. The molecule has 1 aromatic heterocycles. The van der Waals surface area contributed by atoms with Crippen molar-refractivity contribution in [3.8, 4) is 22.7 Å². The quantitative estimate of drug-likeness (QED) is 0.435. The zero-order valence-electron chi connectivity index (χ0n) is 20.9. The van der Waals surface area contributed by atoms with E-state index in [9.17, 15) is 4.79 Å². The highest BCUT2D eigenvalue weighted by Gasteiger charge is 2.31. The van der Waals surface area contributed by atoms with Crippen LogP contribution in [0.3, 0.4) is 0 Å². The molecular formula is C28H30N4O3S. The van der Waals surface area contributed by atoms with E-state index < -0.39 is 0 Å². The number of nitrogens with zero attached hydrogens (tertiary/aromatic N) is 4. The van der Waals surface area contributed by atoms with Gasteiger partial charge in [-0.3, -0.25) is 4.79 Å². The van der Waals surface area contributed by atoms with Gasteiger partial charge in [-0.2, -0.15) is 10.1 Å². The summed E-state index contributed by atoms with van der Waals surface area (Å²) in [6, 6.07) is 17.8. The Balaban J connectivity index is 1.47. The number of para-hydroxylation sites is 1. The fourth-order valence-electron chi connectivity index (χ4n) is 4.40. The van der Waals surface area contributed by atoms with Gasteiger partial charge in [0, 0.05) is 30.4 Å². The number of hydrogen-bond acceptors (Lipinski definition) is 6. The molecule has 1 saturated heterocycles. The average Bonchev–Trinajstić information content (AvgIpc) is 3.43. The molecule has 1 fully saturated rings. The summed E-state index contributed by atoms with van der Waals surface area (Å²) in [5.74, 6) is 0.588. The number of thioether (sulfide) groups is 1. The first-order chi connectivity index (χ1) is 17.4. The minimum atomic E-state index is -0.221. The number of aromatic nitrogens is 2. The van der Waals surface area contributed by atoms with Crippen LogP contribution in [-0.4, -0.2) is 57.2 Å². The molecule has 0 saturated carbocycles. The molecule has 2 aliphatic rings. The van der Waals surface area contributed by atoms with Gasteiger partial charge in [-0.1, -0.05) is 18.2 Å². The molecule has 0 bridgehead atoms. The Hall–Kier alpha value is -3.36. The summed E-state index contributed by atoms with van der Waals surface area (Å²) in [6.45, 7) is 9.54. The zero-order valence-corrected chi connectivity index (χ0v) is 21.7. The van der Waals surface area contributed by atoms with Crippen LogP contribution in [0, 0.1) is 0 Å². The summed E-state index contributed by atoms with van der Waals surface area (Å²) < 4.78 is 13.5. The summed E-state index contributed by atoms with van der Waals surface area (Å²) in [4.78, 5) is 20.0. The second-order valence-electron chi connectivity index (χ2n) is 9.38. The van der Waals surface area contributed by atoms with Crippen molar-refractivity contribution in [3.63, 3.8) is 0 Å². The van der Waals surface area contributed by atoms with Crippen molar-refractivity contribution in [3.05, 3.63) is 71.3 Å². The molecule has 7 nitrogen and oxygen atoms in total. The lowest BCUT2D eigenvalue weighted by atomic mass is 10.1. The molecule has 5 rings (SSSR count). The van der Waals surface area contributed by atoms with Crippen LogP contribution in [0.1, 0.15) is 33.3 Å². The first kappa shape index (κ1) is 24.3. The van der Waals surface area contributed by atoms with Gasteiger partial charge in [-0.25, -0.2) is 4.68 Å². The lowest BCUT2D eigenvalue weighted by Gasteiger charge is -2.35. The van der Waals surface area contributed by atoms with Crippen LogP contribution >= 0.6 is 11.8 Å². The van der Waals surface area contributed by atoms with Gasteiger partial charge >= 0.3 is 0 Å². The minimum Gasteiger partial charge on any atom is -0.491 e. The van der Waals surface area contributed by atoms with Gasteiger partial charge in [0.25, 0.3) is 5.91 Å². The Bertz CT molecular complexity index is 1290. The van der Waals surface area contributed by atoms with Crippen molar-refractivity contribution in [2.45, 2.75) is 46.0 Å². The highest BCUT2D eigenvalue weighted by molar-refractivity contribution is 8.18. The fraction of sp³-hybridized carbons (Fsp3) is 0.321. The first-order valence-electron chi connectivity index (χ1n) is 12.2. The Morgan fingerprint density at radius 1 is 1.06 bits per heavy atom. The normalized spacial score (nSPS) is 21.4. The van der Waals surface area contributed by atoms with E-state index >= 15 is 0 Å². The third kappa shape index (κ3) is 5.39. The maximum Gasteiger partial charge on any atom is 0.286 e. The van der Waals surface area contributed by atoms with Crippen molar-refractivity contribution in [2.75, 3.05) is 13.1 Å². The average molecular weight is 503 g/mol. The van der Waals surface area contributed by atoms with E-state index in [2.05, 4.69) is 9.89 Å². The van der Waals surface area contributed by atoms with Gasteiger partial charge in [0.15, 0.2) is 5.17 Å². The zero-order chi connectivity index (χ0) is 25.2. The van der Waals surface area contributed by atoms with Crippen molar-refractivity contribution in [2.24, 2.45) is 4.99 Å². The smallest absolute Gasteiger partial charge is 0.286 e. The van der Waals surface area contributed by atoms with Crippen LogP contribution in [0.25, 0.3) is 23.0 Å². The number of carbonyl (C=O) groups excluding carboxylic acids is 1. The highest BCUT2D eigenvalue weighted by atomic mass is 32.2. The number of amides is 1. The molecular weight excluding hydrogens is 472 g/mol. The van der Waals surface area contributed by atoms with Gasteiger partial charge in [0.2, 0.25) is 0 Å². The van der Waals surface area contributed by atoms with E-state index in [-0.39, 0.29) is 24.2 Å². The Morgan fingerprint density at radius 2 is 1.75 bits per heavy atom. The Kier molecular flexibility index (Phi) is 6.98. The van der Waals surface area contributed by atoms with Crippen LogP contribution in [0.5, 0.6) is 5.75 Å². The summed E-state index contributed by atoms with van der Waals surface area (Å²) in [6.07, 6.45) is 4.15. The topological polar surface area (TPSA) is 68.9 Å². The molecule has 2 aliphatic heterocycles. The molecule has 3 aromatic rings. The third-order valence-electron chi connectivity index (χ3n) is 5.85. The van der Waals surface area contributed by atoms with Gasteiger partial charge in [-0.05, 0) is 81.9 Å². The number of aliphatic imine (C=N–C) groups is 1. The van der Waals surface area contributed by atoms with Crippen LogP contribution in [0.2, 0.25) is 0 Å². The molecule has 0 radical (unpaired) electrons. The van der Waals surface area contributed by atoms with Crippen LogP contribution in [0.15, 0.2) is 70.7 Å². The second-order valence-corrected chi connectivity index (χ2v) is 10.4. The van der Waals surface area contributed by atoms with E-state index in [0.29, 0.717) is 4.91 Å². The van der Waals surface area contributed by atoms with E-state index in [0.717, 1.165) is 46.5 Å². The van der Waals surface area contributed by atoms with Crippen LogP contribution in [-0.2, 0) is 9.53 Å². The van der Waals surface area contributed by atoms with Crippen molar-refractivity contribution in [1.29, 1.82) is 0 Å². The molecule has 36 heavy (non-hydrogen) atoms. The summed E-state index contributed by atoms with van der Waals surface area (Å²) in [5.41, 5.74) is 3.53. The maximum absolute atomic E-state index is 12.9. The second kappa shape index (κ2) is 10.3. The van der Waals surface area contributed by atoms with Crippen molar-refractivity contribution in [1.82, 2.24) is 14.7 Å². The molecule has 2 unspecified atom stereocenters. The van der Waals surface area contributed by atoms with E-state index in [1.807, 2.05) is 99.2 Å². The van der Waals surface area contributed by atoms with E-state index in [1.165, 1.54) is 11.8 Å². The number of benzene rings is 2. The molecule has 3 heterocycles. The van der Waals surface area contributed by atoms with E-state index in [4.69, 9.17) is 14.6 Å². The molecule has 8 heteroatoms. The monoisotopic (exact) mass is 502 g/mol. The van der Waals surface area contributed by atoms with Gasteiger partial charge in [0.05, 0.1) is 34.6 Å². The minimum absolute atomic E-state index is 0.0959. The molecule has 186 valence electrons. The molecule has 2 aromatic carbocycles. The number of ether oxygens (including phenoxy) is 2. The number of carbonyl (C=O) groups is 1. The molecule has 2 atom stereocenters. The predicted octanol–water partition coefficient (Wildman–Crippen LogP) is 5.41. The Morgan fingerprint density at radius 3 is 2.42 bits per heavy atom. The number of amidine groups is 1. The van der Waals surface area contributed by atoms with E-state index in [1.54, 1.807) is 0 Å². The molecule has 0 spiro atoms. The maximum atomic E-state index is 12.9. The largest absolute Gasteiger partial charge is 0.491 e. The first-order valence-corrected chi connectivity index (χ1v) is 13.0. The number of morpholine rings is 1. The predicted molar refractivity (Wildman–Crippen MR) is 144 cm³/mol. The summed E-state index contributed by atoms with van der Waals surface area (Å²) >= 11 is 1.42. The van der Waals surface area contributed by atoms with Crippen molar-refractivity contribution < 1.29 is 14.3 Å². The van der Waals surface area contributed by atoms with Crippen molar-refractivity contribution >= 4 is 28.9 Å². The number of hydrogen-bond donors (Lipinski definition) is 0.